The SMILES string of the molecule is Cc1cc(=O)[nH]c(-c2cccc(NC(=O)[C@H]3CCc4nnc(C)n4C3)c2)n1. The molecule has 0 saturated heterocycles. The molecule has 0 aliphatic carbocycles. The van der Waals surface area contributed by atoms with Crippen LogP contribution in [0.1, 0.15) is 23.8 Å². The van der Waals surface area contributed by atoms with E-state index in [-0.39, 0.29) is 17.4 Å². The van der Waals surface area contributed by atoms with Gasteiger partial charge in [-0.2, -0.15) is 0 Å². The molecule has 0 bridgehead atoms. The zero-order valence-corrected chi connectivity index (χ0v) is 15.2. The van der Waals surface area contributed by atoms with Crippen molar-refractivity contribution < 1.29 is 4.79 Å². The maximum atomic E-state index is 12.7. The molecule has 0 unspecified atom stereocenters. The first-order valence-corrected chi connectivity index (χ1v) is 8.87. The van der Waals surface area contributed by atoms with Crippen LogP contribution in [0.15, 0.2) is 35.1 Å². The zero-order valence-electron chi connectivity index (χ0n) is 15.2. The number of H-pyrrole nitrogens is 1. The Labute approximate surface area is 155 Å². The molecule has 4 rings (SSSR count). The molecule has 138 valence electrons. The van der Waals surface area contributed by atoms with Crippen molar-refractivity contribution in [3.8, 4) is 11.4 Å². The standard InChI is InChI=1S/C19H20N6O2/c1-11-8-17(26)22-18(20-11)13-4-3-5-15(9-13)21-19(27)14-6-7-16-24-23-12(2)25(16)10-14/h3-5,8-9,14H,6-7,10H2,1-2H3,(H,21,27)(H,20,22,26)/t14-/m0/s1. The molecule has 0 fully saturated rings. The highest BCUT2D eigenvalue weighted by Gasteiger charge is 2.26. The van der Waals surface area contributed by atoms with Crippen molar-refractivity contribution >= 4 is 11.6 Å². The van der Waals surface area contributed by atoms with Crippen molar-refractivity contribution in [2.75, 3.05) is 5.32 Å². The van der Waals surface area contributed by atoms with Gasteiger partial charge in [-0.3, -0.25) is 9.59 Å². The molecular formula is C19H20N6O2. The summed E-state index contributed by atoms with van der Waals surface area (Å²) >= 11 is 0. The summed E-state index contributed by atoms with van der Waals surface area (Å²) in [5, 5.41) is 11.2. The van der Waals surface area contributed by atoms with Gasteiger partial charge < -0.3 is 14.9 Å². The van der Waals surface area contributed by atoms with Crippen LogP contribution in [-0.4, -0.2) is 30.6 Å². The highest BCUT2D eigenvalue weighted by molar-refractivity contribution is 5.93. The van der Waals surface area contributed by atoms with Gasteiger partial charge in [0.1, 0.15) is 17.5 Å². The lowest BCUT2D eigenvalue weighted by Crippen LogP contribution is -2.31. The number of fused-ring (bicyclic) bond motifs is 1. The molecular weight excluding hydrogens is 344 g/mol. The highest BCUT2D eigenvalue weighted by Crippen LogP contribution is 2.23. The van der Waals surface area contributed by atoms with Gasteiger partial charge in [0.05, 0.1) is 5.92 Å². The van der Waals surface area contributed by atoms with Gasteiger partial charge in [0.15, 0.2) is 0 Å². The summed E-state index contributed by atoms with van der Waals surface area (Å²) in [4.78, 5) is 31.5. The average molecular weight is 364 g/mol. The van der Waals surface area contributed by atoms with Crippen molar-refractivity contribution in [1.29, 1.82) is 0 Å². The Kier molecular flexibility index (Phi) is 4.31. The molecule has 8 nitrogen and oxygen atoms in total. The number of benzene rings is 1. The summed E-state index contributed by atoms with van der Waals surface area (Å²) in [6, 6.07) is 8.76. The van der Waals surface area contributed by atoms with E-state index in [0.29, 0.717) is 23.8 Å². The molecule has 3 aromatic rings. The third-order valence-corrected chi connectivity index (χ3v) is 4.78. The monoisotopic (exact) mass is 364 g/mol. The van der Waals surface area contributed by atoms with Crippen LogP contribution in [0.5, 0.6) is 0 Å². The minimum atomic E-state index is -0.200. The summed E-state index contributed by atoms with van der Waals surface area (Å²) in [5.41, 5.74) is 1.86. The number of hydrogen-bond acceptors (Lipinski definition) is 5. The topological polar surface area (TPSA) is 106 Å². The molecule has 3 heterocycles. The van der Waals surface area contributed by atoms with Gasteiger partial charge in [-0.1, -0.05) is 12.1 Å². The van der Waals surface area contributed by atoms with E-state index in [4.69, 9.17) is 0 Å². The van der Waals surface area contributed by atoms with Gasteiger partial charge in [-0.25, -0.2) is 4.98 Å². The molecule has 8 heteroatoms. The molecule has 0 radical (unpaired) electrons. The number of rotatable bonds is 3. The molecule has 2 N–H and O–H groups in total. The van der Waals surface area contributed by atoms with Crippen molar-refractivity contribution in [3.05, 3.63) is 58.0 Å². The Balaban J connectivity index is 1.52. The number of hydrogen-bond donors (Lipinski definition) is 2. The minimum Gasteiger partial charge on any atom is -0.326 e. The number of aryl methyl sites for hydroxylation is 3. The Hall–Kier alpha value is -3.29. The first-order chi connectivity index (χ1) is 13.0. The quantitative estimate of drug-likeness (QED) is 0.738. The number of nitrogens with zero attached hydrogens (tertiary/aromatic N) is 4. The van der Waals surface area contributed by atoms with Crippen LogP contribution in [0, 0.1) is 19.8 Å². The van der Waals surface area contributed by atoms with E-state index in [1.165, 1.54) is 6.07 Å². The summed E-state index contributed by atoms with van der Waals surface area (Å²) in [7, 11) is 0. The predicted octanol–water partition coefficient (Wildman–Crippen LogP) is 1.85. The van der Waals surface area contributed by atoms with Crippen LogP contribution in [-0.2, 0) is 17.8 Å². The number of aromatic nitrogens is 5. The number of aromatic amines is 1. The maximum Gasteiger partial charge on any atom is 0.251 e. The van der Waals surface area contributed by atoms with E-state index in [1.54, 1.807) is 6.92 Å². The normalized spacial score (nSPS) is 16.0. The minimum absolute atomic E-state index is 0.0309. The number of nitrogens with one attached hydrogen (secondary N) is 2. The molecule has 1 amide bonds. The summed E-state index contributed by atoms with van der Waals surface area (Å²) in [6.07, 6.45) is 1.49. The van der Waals surface area contributed by atoms with Crippen LogP contribution >= 0.6 is 0 Å². The first kappa shape index (κ1) is 17.1. The first-order valence-electron chi connectivity index (χ1n) is 8.87. The number of carbonyl (C=O) groups is 1. The lowest BCUT2D eigenvalue weighted by molar-refractivity contribution is -0.120. The van der Waals surface area contributed by atoms with Crippen LogP contribution in [0.3, 0.4) is 0 Å². The highest BCUT2D eigenvalue weighted by atomic mass is 16.2. The fraction of sp³-hybridized carbons (Fsp3) is 0.316. The molecule has 0 spiro atoms. The molecule has 1 aliphatic rings. The van der Waals surface area contributed by atoms with E-state index >= 15 is 0 Å². The summed E-state index contributed by atoms with van der Waals surface area (Å²) < 4.78 is 2.01. The maximum absolute atomic E-state index is 12.7. The van der Waals surface area contributed by atoms with Crippen molar-refractivity contribution in [1.82, 2.24) is 24.7 Å². The van der Waals surface area contributed by atoms with E-state index < -0.39 is 0 Å². The van der Waals surface area contributed by atoms with Gasteiger partial charge in [0.2, 0.25) is 5.91 Å². The molecule has 1 aliphatic heterocycles. The second-order valence-corrected chi connectivity index (χ2v) is 6.82. The molecule has 1 aromatic carbocycles. The van der Waals surface area contributed by atoms with E-state index in [0.717, 1.165) is 30.1 Å². The molecule has 0 saturated carbocycles. The number of anilines is 1. The van der Waals surface area contributed by atoms with Crippen molar-refractivity contribution in [3.63, 3.8) is 0 Å². The fourth-order valence-corrected chi connectivity index (χ4v) is 3.38. The number of carbonyl (C=O) groups excluding carboxylic acids is 1. The second kappa shape index (κ2) is 6.79. The zero-order chi connectivity index (χ0) is 19.0. The van der Waals surface area contributed by atoms with E-state index in [2.05, 4.69) is 25.5 Å². The third kappa shape index (κ3) is 3.51. The van der Waals surface area contributed by atoms with E-state index in [9.17, 15) is 9.59 Å². The second-order valence-electron chi connectivity index (χ2n) is 6.82. The molecule has 2 aromatic heterocycles. The lowest BCUT2D eigenvalue weighted by Gasteiger charge is -2.23. The van der Waals surface area contributed by atoms with Gasteiger partial charge in [-0.15, -0.1) is 10.2 Å². The van der Waals surface area contributed by atoms with Crippen molar-refractivity contribution in [2.24, 2.45) is 5.92 Å². The van der Waals surface area contributed by atoms with Crippen LogP contribution in [0.25, 0.3) is 11.4 Å². The number of amides is 1. The summed E-state index contributed by atoms with van der Waals surface area (Å²) in [6.45, 7) is 4.26. The van der Waals surface area contributed by atoms with Crippen LogP contribution < -0.4 is 10.9 Å². The average Bonchev–Trinajstić information content (AvgIpc) is 3.01. The Morgan fingerprint density at radius 1 is 1.26 bits per heavy atom. The fourth-order valence-electron chi connectivity index (χ4n) is 3.38. The van der Waals surface area contributed by atoms with Crippen LogP contribution in [0.2, 0.25) is 0 Å². The molecule has 1 atom stereocenters. The Bertz CT molecular complexity index is 1070. The summed E-state index contributed by atoms with van der Waals surface area (Å²) in [5.74, 6) is 2.09. The Morgan fingerprint density at radius 3 is 2.93 bits per heavy atom. The smallest absolute Gasteiger partial charge is 0.251 e. The molecule has 27 heavy (non-hydrogen) atoms. The van der Waals surface area contributed by atoms with Crippen LogP contribution in [0.4, 0.5) is 5.69 Å². The third-order valence-electron chi connectivity index (χ3n) is 4.78. The van der Waals surface area contributed by atoms with Gasteiger partial charge >= 0.3 is 0 Å². The lowest BCUT2D eigenvalue weighted by atomic mass is 9.98. The van der Waals surface area contributed by atoms with Gasteiger partial charge in [-0.05, 0) is 32.4 Å². The van der Waals surface area contributed by atoms with Crippen molar-refractivity contribution in [2.45, 2.75) is 33.2 Å². The Morgan fingerprint density at radius 2 is 2.11 bits per heavy atom. The van der Waals surface area contributed by atoms with Gasteiger partial charge in [0, 0.05) is 36.0 Å². The predicted molar refractivity (Wildman–Crippen MR) is 100 cm³/mol. The largest absolute Gasteiger partial charge is 0.326 e. The van der Waals surface area contributed by atoms with Gasteiger partial charge in [0.25, 0.3) is 5.56 Å². The van der Waals surface area contributed by atoms with E-state index in [1.807, 2.05) is 35.8 Å².